The molecule has 3 heterocycles. The lowest BCUT2D eigenvalue weighted by atomic mass is 10.1. The SMILES string of the molecule is COc1ccc(-n2nc3c(-c4ccccc4)nn(C)/c(=N/c4ccccn4)c3n2)cc1. The number of hydrogen-bond donors (Lipinski definition) is 0. The molecular weight excluding hydrogens is 390 g/mol. The fourth-order valence-corrected chi connectivity index (χ4v) is 3.29. The zero-order valence-electron chi connectivity index (χ0n) is 17.0. The molecule has 0 aliphatic heterocycles. The van der Waals surface area contributed by atoms with Gasteiger partial charge in [-0.05, 0) is 36.4 Å². The van der Waals surface area contributed by atoms with Crippen LogP contribution in [0.2, 0.25) is 0 Å². The van der Waals surface area contributed by atoms with E-state index >= 15 is 0 Å². The van der Waals surface area contributed by atoms with Crippen molar-refractivity contribution in [3.8, 4) is 22.7 Å². The van der Waals surface area contributed by atoms with Gasteiger partial charge in [-0.1, -0.05) is 36.4 Å². The van der Waals surface area contributed by atoms with Gasteiger partial charge in [0.2, 0.25) is 0 Å². The second-order valence-electron chi connectivity index (χ2n) is 6.85. The third kappa shape index (κ3) is 3.55. The van der Waals surface area contributed by atoms with E-state index < -0.39 is 0 Å². The standard InChI is InChI=1S/C23H19N7O/c1-29-23(25-19-10-6-7-15-24-19)22-21(20(26-29)16-8-4-3-5-9-16)27-30(28-22)17-11-13-18(31-2)14-12-17/h3-15H,1-2H3/b25-23+. The van der Waals surface area contributed by atoms with Crippen molar-refractivity contribution in [2.75, 3.05) is 7.11 Å². The van der Waals surface area contributed by atoms with Crippen LogP contribution in [0.1, 0.15) is 0 Å². The van der Waals surface area contributed by atoms with E-state index in [4.69, 9.17) is 25.0 Å². The molecule has 152 valence electrons. The number of benzene rings is 2. The molecule has 0 amide bonds. The number of hydrogen-bond acceptors (Lipinski definition) is 6. The van der Waals surface area contributed by atoms with Gasteiger partial charge in [-0.3, -0.25) is 0 Å². The van der Waals surface area contributed by atoms with E-state index in [-0.39, 0.29) is 0 Å². The lowest BCUT2D eigenvalue weighted by Gasteiger charge is -2.05. The first-order valence-corrected chi connectivity index (χ1v) is 9.73. The van der Waals surface area contributed by atoms with Gasteiger partial charge in [0.1, 0.15) is 17.0 Å². The summed E-state index contributed by atoms with van der Waals surface area (Å²) >= 11 is 0. The molecule has 5 aromatic rings. The fraction of sp³-hybridized carbons (Fsp3) is 0.0870. The van der Waals surface area contributed by atoms with E-state index in [0.717, 1.165) is 22.7 Å². The van der Waals surface area contributed by atoms with Crippen LogP contribution in [0.4, 0.5) is 5.82 Å². The minimum Gasteiger partial charge on any atom is -0.497 e. The van der Waals surface area contributed by atoms with Gasteiger partial charge in [0, 0.05) is 18.8 Å². The summed E-state index contributed by atoms with van der Waals surface area (Å²) < 4.78 is 6.97. The molecule has 0 saturated carbocycles. The molecule has 31 heavy (non-hydrogen) atoms. The molecule has 0 aliphatic carbocycles. The van der Waals surface area contributed by atoms with Gasteiger partial charge in [-0.25, -0.2) is 14.7 Å². The number of fused-ring (bicyclic) bond motifs is 1. The molecule has 0 fully saturated rings. The molecule has 0 spiro atoms. The van der Waals surface area contributed by atoms with Crippen LogP contribution in [0.3, 0.4) is 0 Å². The highest BCUT2D eigenvalue weighted by Gasteiger charge is 2.16. The maximum absolute atomic E-state index is 5.26. The minimum absolute atomic E-state index is 0.577. The molecular formula is C23H19N7O. The van der Waals surface area contributed by atoms with Crippen LogP contribution in [-0.2, 0) is 7.05 Å². The average molecular weight is 409 g/mol. The van der Waals surface area contributed by atoms with Crippen LogP contribution in [-0.4, -0.2) is 36.9 Å². The summed E-state index contributed by atoms with van der Waals surface area (Å²) in [4.78, 5) is 10.6. The maximum atomic E-state index is 5.26. The smallest absolute Gasteiger partial charge is 0.181 e. The predicted molar refractivity (Wildman–Crippen MR) is 117 cm³/mol. The molecule has 3 aromatic heterocycles. The minimum atomic E-state index is 0.577. The first-order valence-electron chi connectivity index (χ1n) is 9.73. The zero-order valence-corrected chi connectivity index (χ0v) is 17.0. The van der Waals surface area contributed by atoms with Gasteiger partial charge >= 0.3 is 0 Å². The van der Waals surface area contributed by atoms with Crippen LogP contribution in [0.5, 0.6) is 5.75 Å². The van der Waals surface area contributed by atoms with E-state index in [9.17, 15) is 0 Å². The molecule has 5 rings (SSSR count). The van der Waals surface area contributed by atoms with E-state index in [1.165, 1.54) is 0 Å². The normalized spacial score (nSPS) is 11.7. The Balaban J connectivity index is 1.79. The second-order valence-corrected chi connectivity index (χ2v) is 6.85. The topological polar surface area (TPSA) is 83.0 Å². The third-order valence-electron chi connectivity index (χ3n) is 4.83. The molecule has 8 heteroatoms. The lowest BCUT2D eigenvalue weighted by molar-refractivity contribution is 0.414. The molecule has 0 atom stereocenters. The average Bonchev–Trinajstić information content (AvgIpc) is 3.27. The van der Waals surface area contributed by atoms with Crippen LogP contribution < -0.4 is 10.2 Å². The van der Waals surface area contributed by atoms with Crippen LogP contribution >= 0.6 is 0 Å². The summed E-state index contributed by atoms with van der Waals surface area (Å²) in [6.07, 6.45) is 1.70. The number of aromatic nitrogens is 6. The van der Waals surface area contributed by atoms with Crippen molar-refractivity contribution in [3.05, 3.63) is 84.5 Å². The Labute approximate surface area is 178 Å². The summed E-state index contributed by atoms with van der Waals surface area (Å²) in [6, 6.07) is 23.1. The molecule has 0 saturated heterocycles. The summed E-state index contributed by atoms with van der Waals surface area (Å²) in [7, 11) is 3.48. The Kier molecular flexibility index (Phi) is 4.72. The Morgan fingerprint density at radius 1 is 0.806 bits per heavy atom. The number of nitrogens with zero attached hydrogens (tertiary/aromatic N) is 7. The van der Waals surface area contributed by atoms with Crippen molar-refractivity contribution < 1.29 is 4.74 Å². The molecule has 0 N–H and O–H groups in total. The first kappa shape index (κ1) is 18.7. The van der Waals surface area contributed by atoms with E-state index in [0.29, 0.717) is 22.3 Å². The van der Waals surface area contributed by atoms with E-state index in [1.807, 2.05) is 79.8 Å². The van der Waals surface area contributed by atoms with Crippen LogP contribution in [0.15, 0.2) is 84.0 Å². The second kappa shape index (κ2) is 7.83. The molecule has 0 bridgehead atoms. The Hall–Kier alpha value is -4.33. The molecule has 8 nitrogen and oxygen atoms in total. The van der Waals surface area contributed by atoms with Crippen molar-refractivity contribution in [2.24, 2.45) is 12.0 Å². The number of rotatable bonds is 4. The van der Waals surface area contributed by atoms with Crippen molar-refractivity contribution in [2.45, 2.75) is 0 Å². The predicted octanol–water partition coefficient (Wildman–Crippen LogP) is 3.46. The summed E-state index contributed by atoms with van der Waals surface area (Å²) in [5.74, 6) is 1.34. The van der Waals surface area contributed by atoms with Gasteiger partial charge in [-0.2, -0.15) is 9.90 Å². The highest BCUT2D eigenvalue weighted by molar-refractivity contribution is 5.88. The molecule has 2 aromatic carbocycles. The van der Waals surface area contributed by atoms with Crippen molar-refractivity contribution >= 4 is 16.9 Å². The number of methoxy groups -OCH3 is 1. The van der Waals surface area contributed by atoms with Gasteiger partial charge < -0.3 is 4.74 Å². The van der Waals surface area contributed by atoms with Crippen molar-refractivity contribution in [3.63, 3.8) is 0 Å². The first-order chi connectivity index (χ1) is 15.2. The number of ether oxygens (including phenoxy) is 1. The zero-order chi connectivity index (χ0) is 21.2. The highest BCUT2D eigenvalue weighted by atomic mass is 16.5. The Morgan fingerprint density at radius 3 is 2.26 bits per heavy atom. The molecule has 0 aliphatic rings. The van der Waals surface area contributed by atoms with E-state index in [2.05, 4.69) is 4.98 Å². The largest absolute Gasteiger partial charge is 0.497 e. The van der Waals surface area contributed by atoms with Gasteiger partial charge in [0.15, 0.2) is 16.8 Å². The van der Waals surface area contributed by atoms with Crippen molar-refractivity contribution in [1.29, 1.82) is 0 Å². The molecule has 0 radical (unpaired) electrons. The van der Waals surface area contributed by atoms with Crippen molar-refractivity contribution in [1.82, 2.24) is 29.8 Å². The van der Waals surface area contributed by atoms with Crippen LogP contribution in [0.25, 0.3) is 28.0 Å². The summed E-state index contributed by atoms with van der Waals surface area (Å²) in [6.45, 7) is 0. The van der Waals surface area contributed by atoms with E-state index in [1.54, 1.807) is 22.8 Å². The summed E-state index contributed by atoms with van der Waals surface area (Å²) in [5.41, 5.74) is 4.37. The molecule has 0 unspecified atom stereocenters. The highest BCUT2D eigenvalue weighted by Crippen LogP contribution is 2.23. The Morgan fingerprint density at radius 2 is 1.55 bits per heavy atom. The fourth-order valence-electron chi connectivity index (χ4n) is 3.29. The van der Waals surface area contributed by atoms with Gasteiger partial charge in [0.25, 0.3) is 0 Å². The van der Waals surface area contributed by atoms with Gasteiger partial charge in [0.05, 0.1) is 12.8 Å². The summed E-state index contributed by atoms with van der Waals surface area (Å²) in [5, 5.41) is 14.3. The lowest BCUT2D eigenvalue weighted by Crippen LogP contribution is -2.22. The number of aryl methyl sites for hydroxylation is 1. The number of pyridine rings is 1. The monoisotopic (exact) mass is 409 g/mol. The maximum Gasteiger partial charge on any atom is 0.181 e. The quantitative estimate of drug-likeness (QED) is 0.454. The Bertz CT molecular complexity index is 1410. The third-order valence-corrected chi connectivity index (χ3v) is 4.83. The van der Waals surface area contributed by atoms with Crippen LogP contribution in [0, 0.1) is 0 Å². The van der Waals surface area contributed by atoms with Gasteiger partial charge in [-0.15, -0.1) is 10.2 Å².